The summed E-state index contributed by atoms with van der Waals surface area (Å²) < 4.78 is 13.2. The van der Waals surface area contributed by atoms with Crippen molar-refractivity contribution in [1.29, 1.82) is 0 Å². The maximum atomic E-state index is 13.0. The Morgan fingerprint density at radius 2 is 1.74 bits per heavy atom. The zero-order chi connectivity index (χ0) is 23.9. The lowest BCUT2D eigenvalue weighted by molar-refractivity contribution is -0.121. The number of likely N-dealkylation sites (N-methyl/N-ethyl adjacent to an activating group) is 1. The average molecular weight is 459 g/mol. The Balaban J connectivity index is 1.48. The number of carbonyl (C=O) groups excluding carboxylic acids is 1. The van der Waals surface area contributed by atoms with Crippen LogP contribution >= 0.6 is 0 Å². The van der Waals surface area contributed by atoms with Crippen LogP contribution in [0.25, 0.3) is 11.0 Å². The van der Waals surface area contributed by atoms with Crippen molar-refractivity contribution >= 4 is 16.9 Å². The number of carbonyl (C=O) groups is 1. The highest BCUT2D eigenvalue weighted by atomic mass is 16.5. The minimum absolute atomic E-state index is 0.0134. The molecule has 1 amide bonds. The number of fused-ring (bicyclic) bond motifs is 1. The smallest absolute Gasteiger partial charge is 0.240 e. The van der Waals surface area contributed by atoms with Gasteiger partial charge in [0.1, 0.15) is 30.5 Å². The van der Waals surface area contributed by atoms with Gasteiger partial charge >= 0.3 is 0 Å². The van der Waals surface area contributed by atoms with Gasteiger partial charge in [-0.2, -0.15) is 0 Å². The monoisotopic (exact) mass is 458 g/mol. The van der Waals surface area contributed by atoms with Crippen molar-refractivity contribution in [2.45, 2.75) is 19.2 Å². The van der Waals surface area contributed by atoms with Crippen molar-refractivity contribution < 1.29 is 14.3 Å². The third-order valence-corrected chi connectivity index (χ3v) is 5.74. The van der Waals surface area contributed by atoms with Crippen LogP contribution in [0, 0.1) is 0 Å². The molecule has 0 aliphatic heterocycles. The highest BCUT2D eigenvalue weighted by Gasteiger charge is 2.18. The van der Waals surface area contributed by atoms with Crippen LogP contribution < -0.4 is 14.8 Å². The number of methoxy groups -OCH3 is 1. The molecule has 1 atom stereocenters. The summed E-state index contributed by atoms with van der Waals surface area (Å²) in [7, 11) is 5.65. The van der Waals surface area contributed by atoms with Crippen LogP contribution in [0.15, 0.2) is 78.9 Å². The molecule has 0 saturated carbocycles. The molecular formula is C27H30N4O3. The van der Waals surface area contributed by atoms with E-state index in [0.717, 1.165) is 28.1 Å². The van der Waals surface area contributed by atoms with Gasteiger partial charge in [0.15, 0.2) is 0 Å². The van der Waals surface area contributed by atoms with Crippen molar-refractivity contribution in [3.63, 3.8) is 0 Å². The van der Waals surface area contributed by atoms with Crippen LogP contribution in [0.3, 0.4) is 0 Å². The molecule has 4 aromatic rings. The molecule has 0 bridgehead atoms. The second-order valence-electron chi connectivity index (χ2n) is 8.26. The number of nitrogens with one attached hydrogen (secondary N) is 1. The van der Waals surface area contributed by atoms with Gasteiger partial charge in [0.2, 0.25) is 5.91 Å². The molecule has 1 aromatic heterocycles. The number of amides is 1. The van der Waals surface area contributed by atoms with Gasteiger partial charge in [0, 0.05) is 6.54 Å². The lowest BCUT2D eigenvalue weighted by atomic mass is 10.1. The lowest BCUT2D eigenvalue weighted by Gasteiger charge is -2.25. The number of hydrogen-bond donors (Lipinski definition) is 1. The summed E-state index contributed by atoms with van der Waals surface area (Å²) in [5, 5.41) is 3.09. The number of ether oxygens (including phenoxy) is 2. The first-order valence-corrected chi connectivity index (χ1v) is 11.2. The van der Waals surface area contributed by atoms with Gasteiger partial charge in [-0.15, -0.1) is 0 Å². The number of aromatic nitrogens is 2. The van der Waals surface area contributed by atoms with Crippen LogP contribution in [0.4, 0.5) is 0 Å². The Labute approximate surface area is 199 Å². The first kappa shape index (κ1) is 23.3. The van der Waals surface area contributed by atoms with Gasteiger partial charge in [-0.25, -0.2) is 4.98 Å². The molecule has 4 rings (SSSR count). The molecule has 3 aromatic carbocycles. The van der Waals surface area contributed by atoms with Crippen molar-refractivity contribution in [3.8, 4) is 11.5 Å². The number of hydrogen-bond acceptors (Lipinski definition) is 5. The van der Waals surface area contributed by atoms with Gasteiger partial charge in [-0.05, 0) is 56.1 Å². The molecule has 0 fully saturated rings. The Morgan fingerprint density at radius 1 is 1.00 bits per heavy atom. The fourth-order valence-electron chi connectivity index (χ4n) is 3.93. The minimum atomic E-state index is -0.0844. The van der Waals surface area contributed by atoms with E-state index in [1.54, 1.807) is 7.11 Å². The van der Waals surface area contributed by atoms with E-state index in [-0.39, 0.29) is 25.1 Å². The highest BCUT2D eigenvalue weighted by Crippen LogP contribution is 2.22. The summed E-state index contributed by atoms with van der Waals surface area (Å²) in [5.41, 5.74) is 2.82. The van der Waals surface area contributed by atoms with Crippen LogP contribution in [-0.4, -0.2) is 48.1 Å². The zero-order valence-corrected chi connectivity index (χ0v) is 19.8. The molecule has 1 N–H and O–H groups in total. The molecule has 7 nitrogen and oxygen atoms in total. The maximum absolute atomic E-state index is 13.0. The van der Waals surface area contributed by atoms with E-state index in [2.05, 4.69) is 10.2 Å². The predicted molar refractivity (Wildman–Crippen MR) is 133 cm³/mol. The van der Waals surface area contributed by atoms with E-state index < -0.39 is 0 Å². The summed E-state index contributed by atoms with van der Waals surface area (Å²) in [4.78, 5) is 19.8. The first-order chi connectivity index (χ1) is 16.5. The molecule has 1 heterocycles. The third-order valence-electron chi connectivity index (χ3n) is 5.74. The topological polar surface area (TPSA) is 68.6 Å². The van der Waals surface area contributed by atoms with Crippen molar-refractivity contribution in [2.75, 3.05) is 27.7 Å². The predicted octanol–water partition coefficient (Wildman–Crippen LogP) is 4.04. The van der Waals surface area contributed by atoms with Crippen LogP contribution in [0.5, 0.6) is 11.5 Å². The van der Waals surface area contributed by atoms with Crippen molar-refractivity contribution in [3.05, 3.63) is 90.3 Å². The minimum Gasteiger partial charge on any atom is -0.497 e. The number of benzene rings is 3. The van der Waals surface area contributed by atoms with E-state index in [1.807, 2.05) is 97.5 Å². The van der Waals surface area contributed by atoms with Gasteiger partial charge in [-0.1, -0.05) is 42.5 Å². The fourth-order valence-corrected chi connectivity index (χ4v) is 3.93. The van der Waals surface area contributed by atoms with Gasteiger partial charge in [-0.3, -0.25) is 4.79 Å². The van der Waals surface area contributed by atoms with Gasteiger partial charge in [0.25, 0.3) is 0 Å². The summed E-state index contributed by atoms with van der Waals surface area (Å²) in [6.07, 6.45) is 0. The Kier molecular flexibility index (Phi) is 7.44. The second kappa shape index (κ2) is 10.9. The van der Waals surface area contributed by atoms with E-state index in [0.29, 0.717) is 12.4 Å². The first-order valence-electron chi connectivity index (χ1n) is 11.2. The van der Waals surface area contributed by atoms with Crippen molar-refractivity contribution in [2.24, 2.45) is 0 Å². The summed E-state index contributed by atoms with van der Waals surface area (Å²) in [6, 6.07) is 25.3. The average Bonchev–Trinajstić information content (AvgIpc) is 3.20. The number of rotatable bonds is 10. The highest BCUT2D eigenvalue weighted by molar-refractivity contribution is 5.81. The Morgan fingerprint density at radius 3 is 2.50 bits per heavy atom. The Bertz CT molecular complexity index is 1240. The van der Waals surface area contributed by atoms with Crippen LogP contribution in [0.2, 0.25) is 0 Å². The number of nitrogens with zero attached hydrogens (tertiary/aromatic N) is 3. The second-order valence-corrected chi connectivity index (χ2v) is 8.26. The molecule has 7 heteroatoms. The van der Waals surface area contributed by atoms with E-state index in [1.165, 1.54) is 0 Å². The van der Waals surface area contributed by atoms with Gasteiger partial charge in [0.05, 0.1) is 24.2 Å². The van der Waals surface area contributed by atoms with E-state index >= 15 is 0 Å². The zero-order valence-electron chi connectivity index (χ0n) is 19.8. The van der Waals surface area contributed by atoms with Gasteiger partial charge < -0.3 is 24.3 Å². The molecule has 0 unspecified atom stereocenters. The lowest BCUT2D eigenvalue weighted by Crippen LogP contribution is -2.36. The third kappa shape index (κ3) is 5.55. The molecule has 0 spiro atoms. The van der Waals surface area contributed by atoms with Crippen LogP contribution in [0.1, 0.15) is 17.4 Å². The number of imidazole rings is 1. The Hall–Kier alpha value is -3.84. The molecule has 0 aliphatic carbocycles. The molecule has 0 radical (unpaired) electrons. The molecular weight excluding hydrogens is 428 g/mol. The molecule has 176 valence electrons. The molecule has 0 aliphatic rings. The van der Waals surface area contributed by atoms with Crippen LogP contribution in [-0.2, 0) is 17.9 Å². The normalized spacial score (nSPS) is 12.0. The summed E-state index contributed by atoms with van der Waals surface area (Å²) in [5.74, 6) is 2.18. The SMILES string of the molecule is COc1cccc([C@@H](CNC(=O)Cn2c(COc3ccccc3)nc3ccccc32)N(C)C)c1. The standard InChI is InChI=1S/C27H30N4O3/c1-30(2)25(20-10-9-13-22(16-20)33-3)17-28-27(32)18-31-24-15-8-7-14-23(24)29-26(31)19-34-21-11-5-4-6-12-21/h4-16,25H,17-19H2,1-3H3,(H,28,32)/t25-/m1/s1. The molecule has 34 heavy (non-hydrogen) atoms. The fraction of sp³-hybridized carbons (Fsp3) is 0.259. The maximum Gasteiger partial charge on any atom is 0.240 e. The van der Waals surface area contributed by atoms with Crippen molar-refractivity contribution in [1.82, 2.24) is 19.8 Å². The summed E-state index contributed by atoms with van der Waals surface area (Å²) >= 11 is 0. The summed E-state index contributed by atoms with van der Waals surface area (Å²) in [6.45, 7) is 0.907. The van der Waals surface area contributed by atoms with E-state index in [4.69, 9.17) is 14.5 Å². The molecule has 0 saturated heterocycles. The quantitative estimate of drug-likeness (QED) is 0.388. The largest absolute Gasteiger partial charge is 0.497 e. The van der Waals surface area contributed by atoms with E-state index in [9.17, 15) is 4.79 Å². The number of para-hydroxylation sites is 3.